The number of hydrogen-bond donors (Lipinski definition) is 1. The first kappa shape index (κ1) is 22.4. The minimum absolute atomic E-state index is 0.0156. The van der Waals surface area contributed by atoms with Gasteiger partial charge in [-0.15, -0.1) is 0 Å². The van der Waals surface area contributed by atoms with Gasteiger partial charge in [0.25, 0.3) is 5.91 Å². The maximum atomic E-state index is 13.8. The van der Waals surface area contributed by atoms with E-state index in [-0.39, 0.29) is 24.1 Å². The monoisotopic (exact) mass is 479 g/mol. The average Bonchev–Trinajstić information content (AvgIpc) is 3.44. The van der Waals surface area contributed by atoms with Crippen LogP contribution in [0.15, 0.2) is 59.3 Å². The molecule has 0 unspecified atom stereocenters. The summed E-state index contributed by atoms with van der Waals surface area (Å²) in [7, 11) is 0. The summed E-state index contributed by atoms with van der Waals surface area (Å²) in [4.78, 5) is 12.4. The van der Waals surface area contributed by atoms with E-state index in [4.69, 9.17) is 20.8 Å². The van der Waals surface area contributed by atoms with Crippen LogP contribution in [0, 0.1) is 23.3 Å². The van der Waals surface area contributed by atoms with Gasteiger partial charge in [-0.05, 0) is 24.3 Å². The molecule has 4 rings (SSSR count). The summed E-state index contributed by atoms with van der Waals surface area (Å²) < 4.78 is 66.2. The lowest BCUT2D eigenvalue weighted by Gasteiger charge is -2.07. The van der Waals surface area contributed by atoms with Crippen LogP contribution < -0.4 is 10.1 Å². The predicted molar refractivity (Wildman–Crippen MR) is 110 cm³/mol. The van der Waals surface area contributed by atoms with Crippen LogP contribution in [-0.4, -0.2) is 15.7 Å². The Hall–Kier alpha value is -3.79. The third-order valence-electron chi connectivity index (χ3n) is 4.51. The van der Waals surface area contributed by atoms with Gasteiger partial charge in [0, 0.05) is 17.8 Å². The maximum absolute atomic E-state index is 13.8. The Labute approximate surface area is 189 Å². The molecule has 0 aliphatic heterocycles. The molecule has 0 atom stereocenters. The molecule has 0 bridgehead atoms. The fraction of sp³-hybridized carbons (Fsp3) is 0.0909. The Morgan fingerprint density at radius 2 is 1.88 bits per heavy atom. The lowest BCUT2D eigenvalue weighted by Crippen LogP contribution is -2.11. The summed E-state index contributed by atoms with van der Waals surface area (Å²) in [5.74, 6) is -6.09. The molecule has 2 aromatic carbocycles. The van der Waals surface area contributed by atoms with Crippen molar-refractivity contribution in [3.05, 3.63) is 100 Å². The Morgan fingerprint density at radius 1 is 1.09 bits per heavy atom. The van der Waals surface area contributed by atoms with Crippen molar-refractivity contribution < 1.29 is 31.5 Å². The molecule has 0 saturated carbocycles. The Morgan fingerprint density at radius 3 is 2.67 bits per heavy atom. The molecule has 170 valence electrons. The fourth-order valence-corrected chi connectivity index (χ4v) is 3.10. The van der Waals surface area contributed by atoms with Crippen molar-refractivity contribution in [3.8, 4) is 5.75 Å². The number of furan rings is 1. The van der Waals surface area contributed by atoms with Gasteiger partial charge in [-0.1, -0.05) is 23.7 Å². The summed E-state index contributed by atoms with van der Waals surface area (Å²) in [6.45, 7) is -0.477. The van der Waals surface area contributed by atoms with Gasteiger partial charge in [-0.25, -0.2) is 17.6 Å². The fourth-order valence-electron chi connectivity index (χ4n) is 2.91. The number of nitrogens with one attached hydrogen (secondary N) is 1. The minimum Gasteiger partial charge on any atom is -0.484 e. The molecule has 0 fully saturated rings. The van der Waals surface area contributed by atoms with Crippen molar-refractivity contribution in [2.45, 2.75) is 13.2 Å². The van der Waals surface area contributed by atoms with Crippen LogP contribution in [0.1, 0.15) is 21.9 Å². The number of para-hydroxylation sites is 1. The first-order valence-corrected chi connectivity index (χ1v) is 9.81. The van der Waals surface area contributed by atoms with E-state index < -0.39 is 41.3 Å². The van der Waals surface area contributed by atoms with Crippen LogP contribution in [0.4, 0.5) is 23.2 Å². The molecule has 0 saturated heterocycles. The highest BCUT2D eigenvalue weighted by Crippen LogP contribution is 2.25. The van der Waals surface area contributed by atoms with E-state index in [1.54, 1.807) is 30.3 Å². The third-order valence-corrected chi connectivity index (χ3v) is 4.82. The van der Waals surface area contributed by atoms with Crippen molar-refractivity contribution in [3.63, 3.8) is 0 Å². The van der Waals surface area contributed by atoms with Gasteiger partial charge < -0.3 is 14.5 Å². The number of halogens is 5. The summed E-state index contributed by atoms with van der Waals surface area (Å²) in [6, 6.07) is 10.1. The average molecular weight is 480 g/mol. The number of carbonyl (C=O) groups is 1. The standard InChI is InChI=1S/C22H14ClF4N3O3/c23-15-3-1-2-4-18(15)32-11-13-5-6-19(33-13)22(31)29-12-8-28-30(9-12)10-14-16(24)7-17(25)21(27)20(14)26/h1-9H,10-11H2,(H,29,31). The van der Waals surface area contributed by atoms with Crippen molar-refractivity contribution in [1.29, 1.82) is 0 Å². The first-order chi connectivity index (χ1) is 15.8. The molecule has 1 amide bonds. The van der Waals surface area contributed by atoms with Crippen LogP contribution in [0.3, 0.4) is 0 Å². The molecule has 0 aliphatic carbocycles. The summed E-state index contributed by atoms with van der Waals surface area (Å²) in [6.07, 6.45) is 2.49. The number of rotatable bonds is 7. The quantitative estimate of drug-likeness (QED) is 0.214. The minimum atomic E-state index is -1.78. The Kier molecular flexibility index (Phi) is 6.36. The topological polar surface area (TPSA) is 69.3 Å². The zero-order valence-electron chi connectivity index (χ0n) is 16.6. The van der Waals surface area contributed by atoms with Gasteiger partial charge in [0.05, 0.1) is 23.5 Å². The van der Waals surface area contributed by atoms with Crippen molar-refractivity contribution in [2.75, 3.05) is 5.32 Å². The molecule has 4 aromatic rings. The second kappa shape index (κ2) is 9.37. The molecular formula is C22H14ClF4N3O3. The van der Waals surface area contributed by atoms with Crippen LogP contribution >= 0.6 is 11.6 Å². The van der Waals surface area contributed by atoms with Gasteiger partial charge in [0.15, 0.2) is 23.2 Å². The number of hydrogen-bond acceptors (Lipinski definition) is 4. The molecule has 2 aromatic heterocycles. The zero-order valence-corrected chi connectivity index (χ0v) is 17.4. The first-order valence-electron chi connectivity index (χ1n) is 9.43. The van der Waals surface area contributed by atoms with Crippen LogP contribution in [-0.2, 0) is 13.2 Å². The van der Waals surface area contributed by atoms with Crippen molar-refractivity contribution in [2.24, 2.45) is 0 Å². The smallest absolute Gasteiger partial charge is 0.291 e. The summed E-state index contributed by atoms with van der Waals surface area (Å²) >= 11 is 6.02. The van der Waals surface area contributed by atoms with Crippen LogP contribution in [0.25, 0.3) is 0 Å². The molecule has 11 heteroatoms. The molecule has 2 heterocycles. The predicted octanol–water partition coefficient (Wildman–Crippen LogP) is 5.57. The molecule has 6 nitrogen and oxygen atoms in total. The lowest BCUT2D eigenvalue weighted by molar-refractivity contribution is 0.0992. The van der Waals surface area contributed by atoms with E-state index in [0.29, 0.717) is 16.5 Å². The lowest BCUT2D eigenvalue weighted by atomic mass is 10.2. The zero-order chi connectivity index (χ0) is 23.5. The normalized spacial score (nSPS) is 10.9. The van der Waals surface area contributed by atoms with E-state index in [9.17, 15) is 22.4 Å². The molecule has 33 heavy (non-hydrogen) atoms. The van der Waals surface area contributed by atoms with E-state index in [0.717, 1.165) is 4.68 Å². The molecular weight excluding hydrogens is 466 g/mol. The second-order valence-electron chi connectivity index (χ2n) is 6.81. The van der Waals surface area contributed by atoms with Crippen LogP contribution in [0.2, 0.25) is 5.02 Å². The van der Waals surface area contributed by atoms with Gasteiger partial charge in [0.1, 0.15) is 23.9 Å². The number of amides is 1. The van der Waals surface area contributed by atoms with Crippen LogP contribution in [0.5, 0.6) is 5.75 Å². The second-order valence-corrected chi connectivity index (χ2v) is 7.22. The summed E-state index contributed by atoms with van der Waals surface area (Å²) in [5, 5.41) is 6.80. The van der Waals surface area contributed by atoms with Crippen molar-refractivity contribution in [1.82, 2.24) is 9.78 Å². The Balaban J connectivity index is 1.38. The van der Waals surface area contributed by atoms with Gasteiger partial charge in [-0.2, -0.15) is 5.10 Å². The van der Waals surface area contributed by atoms with Crippen molar-refractivity contribution >= 4 is 23.2 Å². The van der Waals surface area contributed by atoms with E-state index in [1.165, 1.54) is 18.5 Å². The van der Waals surface area contributed by atoms with E-state index >= 15 is 0 Å². The third kappa shape index (κ3) is 5.01. The van der Waals surface area contributed by atoms with Gasteiger partial charge in [0.2, 0.25) is 0 Å². The highest BCUT2D eigenvalue weighted by Gasteiger charge is 2.20. The number of aromatic nitrogens is 2. The molecule has 0 aliphatic rings. The highest BCUT2D eigenvalue weighted by atomic mass is 35.5. The maximum Gasteiger partial charge on any atom is 0.291 e. The molecule has 0 spiro atoms. The Bertz CT molecular complexity index is 1320. The largest absolute Gasteiger partial charge is 0.484 e. The number of carbonyl (C=O) groups excluding carboxylic acids is 1. The number of anilines is 1. The van der Waals surface area contributed by atoms with E-state index in [1.807, 2.05) is 0 Å². The number of benzene rings is 2. The van der Waals surface area contributed by atoms with Gasteiger partial charge in [-0.3, -0.25) is 9.48 Å². The SMILES string of the molecule is O=C(Nc1cnn(Cc2c(F)cc(F)c(F)c2F)c1)c1ccc(COc2ccccc2Cl)o1. The molecule has 1 N–H and O–H groups in total. The van der Waals surface area contributed by atoms with Gasteiger partial charge >= 0.3 is 0 Å². The molecule has 0 radical (unpaired) electrons. The highest BCUT2D eigenvalue weighted by molar-refractivity contribution is 6.32. The number of nitrogens with zero attached hydrogens (tertiary/aromatic N) is 2. The summed E-state index contributed by atoms with van der Waals surface area (Å²) in [5.41, 5.74) is -0.516. The number of ether oxygens (including phenoxy) is 1. The van der Waals surface area contributed by atoms with E-state index in [2.05, 4.69) is 10.4 Å².